The Morgan fingerprint density at radius 2 is 1.92 bits per heavy atom. The molecule has 6 heteroatoms. The van der Waals surface area contributed by atoms with Gasteiger partial charge in [-0.1, -0.05) is 18.2 Å². The molecule has 1 aliphatic rings. The van der Waals surface area contributed by atoms with Gasteiger partial charge >= 0.3 is 5.97 Å². The van der Waals surface area contributed by atoms with Gasteiger partial charge in [0.2, 0.25) is 0 Å². The van der Waals surface area contributed by atoms with E-state index in [9.17, 15) is 4.79 Å². The summed E-state index contributed by atoms with van der Waals surface area (Å²) in [6.45, 7) is 3.43. The number of carboxylic acid groups (broad SMARTS) is 1. The summed E-state index contributed by atoms with van der Waals surface area (Å²) in [5.41, 5.74) is 2.32. The summed E-state index contributed by atoms with van der Waals surface area (Å²) >= 11 is 1.45. The number of benzene rings is 1. The third kappa shape index (κ3) is 4.53. The predicted molar refractivity (Wildman–Crippen MR) is 97.2 cm³/mol. The lowest BCUT2D eigenvalue weighted by Crippen LogP contribution is -2.36. The van der Waals surface area contributed by atoms with Crippen molar-refractivity contribution in [2.45, 2.75) is 0 Å². The first-order chi connectivity index (χ1) is 11.7. The highest BCUT2D eigenvalue weighted by molar-refractivity contribution is 7.13. The molecule has 1 aliphatic heterocycles. The fourth-order valence-corrected chi connectivity index (χ4v) is 3.12. The van der Waals surface area contributed by atoms with Crippen molar-refractivity contribution >= 4 is 41.2 Å². The van der Waals surface area contributed by atoms with Gasteiger partial charge in [0.05, 0.1) is 13.2 Å². The fraction of sp³-hybridized carbons (Fsp3) is 0.222. The van der Waals surface area contributed by atoms with E-state index in [2.05, 4.69) is 34.1 Å². The van der Waals surface area contributed by atoms with Gasteiger partial charge in [0.15, 0.2) is 0 Å². The van der Waals surface area contributed by atoms with Gasteiger partial charge < -0.3 is 14.7 Å². The summed E-state index contributed by atoms with van der Waals surface area (Å²) in [6.07, 6.45) is 8.28. The van der Waals surface area contributed by atoms with Gasteiger partial charge in [-0.05, 0) is 29.8 Å². The fourth-order valence-electron chi connectivity index (χ4n) is 2.39. The molecule has 0 atom stereocenters. The number of nitrogens with zero attached hydrogens (tertiary/aromatic N) is 2. The first-order valence-corrected chi connectivity index (χ1v) is 8.50. The molecule has 0 bridgehead atoms. The number of aromatic nitrogens is 1. The third-order valence-electron chi connectivity index (χ3n) is 3.62. The Morgan fingerprint density at radius 3 is 2.62 bits per heavy atom. The Bertz CT molecular complexity index is 744. The zero-order chi connectivity index (χ0) is 16.8. The molecule has 0 amide bonds. The lowest BCUT2D eigenvalue weighted by Gasteiger charge is -2.28. The van der Waals surface area contributed by atoms with E-state index in [1.165, 1.54) is 17.0 Å². The second kappa shape index (κ2) is 7.90. The van der Waals surface area contributed by atoms with Gasteiger partial charge in [0.1, 0.15) is 5.01 Å². The third-order valence-corrected chi connectivity index (χ3v) is 4.55. The average Bonchev–Trinajstić information content (AvgIpc) is 3.07. The van der Waals surface area contributed by atoms with Crippen LogP contribution < -0.4 is 4.90 Å². The molecule has 124 valence electrons. The topological polar surface area (TPSA) is 62.7 Å². The van der Waals surface area contributed by atoms with Gasteiger partial charge in [-0.3, -0.25) is 0 Å². The maximum absolute atomic E-state index is 10.5. The monoisotopic (exact) mass is 342 g/mol. The predicted octanol–water partition coefficient (Wildman–Crippen LogP) is 3.25. The summed E-state index contributed by atoms with van der Waals surface area (Å²) in [5.74, 6) is -0.958. The van der Waals surface area contributed by atoms with E-state index in [4.69, 9.17) is 9.84 Å². The molecule has 3 rings (SSSR count). The van der Waals surface area contributed by atoms with Crippen molar-refractivity contribution in [1.29, 1.82) is 0 Å². The molecule has 0 unspecified atom stereocenters. The molecule has 0 aliphatic carbocycles. The molecule has 24 heavy (non-hydrogen) atoms. The number of thiazole rings is 1. The van der Waals surface area contributed by atoms with Crippen LogP contribution in [0.2, 0.25) is 0 Å². The highest BCUT2D eigenvalue weighted by Crippen LogP contribution is 2.20. The van der Waals surface area contributed by atoms with Crippen LogP contribution in [0.1, 0.15) is 15.4 Å². The van der Waals surface area contributed by atoms with Crippen molar-refractivity contribution in [2.24, 2.45) is 0 Å². The minimum absolute atomic E-state index is 0.782. The Kier molecular flexibility index (Phi) is 5.40. The van der Waals surface area contributed by atoms with Gasteiger partial charge in [0.25, 0.3) is 0 Å². The van der Waals surface area contributed by atoms with Gasteiger partial charge in [-0.15, -0.1) is 11.3 Å². The highest BCUT2D eigenvalue weighted by atomic mass is 32.1. The molecule has 2 aromatic rings. The van der Waals surface area contributed by atoms with E-state index < -0.39 is 5.97 Å². The number of hydrogen-bond acceptors (Lipinski definition) is 5. The molecular weight excluding hydrogens is 324 g/mol. The van der Waals surface area contributed by atoms with Gasteiger partial charge in [-0.2, -0.15) is 0 Å². The van der Waals surface area contributed by atoms with Crippen LogP contribution in [0.3, 0.4) is 0 Å². The van der Waals surface area contributed by atoms with E-state index in [0.717, 1.165) is 47.8 Å². The summed E-state index contributed by atoms with van der Waals surface area (Å²) in [7, 11) is 0. The van der Waals surface area contributed by atoms with Crippen molar-refractivity contribution in [3.05, 3.63) is 52.0 Å². The minimum atomic E-state index is -0.958. The van der Waals surface area contributed by atoms with Crippen molar-refractivity contribution < 1.29 is 14.6 Å². The molecule has 2 heterocycles. The minimum Gasteiger partial charge on any atom is -0.478 e. The Labute approximate surface area is 144 Å². The van der Waals surface area contributed by atoms with E-state index in [1.807, 2.05) is 12.2 Å². The van der Waals surface area contributed by atoms with Crippen molar-refractivity contribution in [2.75, 3.05) is 31.2 Å². The van der Waals surface area contributed by atoms with Crippen LogP contribution >= 0.6 is 11.3 Å². The van der Waals surface area contributed by atoms with Crippen molar-refractivity contribution in [1.82, 2.24) is 4.98 Å². The number of ether oxygens (including phenoxy) is 1. The first-order valence-electron chi connectivity index (χ1n) is 7.68. The smallest absolute Gasteiger partial charge is 0.328 e. The normalized spacial score (nSPS) is 15.4. The number of rotatable bonds is 5. The van der Waals surface area contributed by atoms with Crippen LogP contribution in [0.25, 0.3) is 18.2 Å². The lowest BCUT2D eigenvalue weighted by atomic mass is 10.2. The van der Waals surface area contributed by atoms with E-state index in [1.54, 1.807) is 12.3 Å². The van der Waals surface area contributed by atoms with Gasteiger partial charge in [0, 0.05) is 35.9 Å². The first kappa shape index (κ1) is 16.4. The van der Waals surface area contributed by atoms with Crippen LogP contribution in [-0.4, -0.2) is 42.4 Å². The summed E-state index contributed by atoms with van der Waals surface area (Å²) in [4.78, 5) is 17.9. The molecule has 0 saturated carbocycles. The second-order valence-corrected chi connectivity index (χ2v) is 6.39. The molecule has 0 radical (unpaired) electrons. The number of morpholine rings is 1. The van der Waals surface area contributed by atoms with Crippen LogP contribution in [0.15, 0.2) is 36.5 Å². The summed E-state index contributed by atoms with van der Waals surface area (Å²) in [6, 6.07) is 8.40. The Balaban J connectivity index is 1.63. The second-order valence-electron chi connectivity index (χ2n) is 5.30. The zero-order valence-electron chi connectivity index (χ0n) is 13.1. The Morgan fingerprint density at radius 1 is 1.17 bits per heavy atom. The van der Waals surface area contributed by atoms with Crippen molar-refractivity contribution in [3.8, 4) is 0 Å². The number of anilines is 1. The number of aliphatic carboxylic acids is 1. The van der Waals surface area contributed by atoms with Crippen molar-refractivity contribution in [3.63, 3.8) is 0 Å². The lowest BCUT2D eigenvalue weighted by molar-refractivity contribution is -0.131. The molecule has 1 aromatic heterocycles. The highest BCUT2D eigenvalue weighted by Gasteiger charge is 2.10. The Hall–Kier alpha value is -2.44. The number of carbonyl (C=O) groups is 1. The quantitative estimate of drug-likeness (QED) is 0.845. The molecule has 1 aromatic carbocycles. The summed E-state index contributed by atoms with van der Waals surface area (Å²) < 4.78 is 5.37. The summed E-state index contributed by atoms with van der Waals surface area (Å²) in [5, 5.41) is 9.47. The van der Waals surface area contributed by atoms with E-state index >= 15 is 0 Å². The van der Waals surface area contributed by atoms with Crippen LogP contribution in [0, 0.1) is 0 Å². The maximum Gasteiger partial charge on any atom is 0.328 e. The zero-order valence-corrected chi connectivity index (χ0v) is 13.9. The van der Waals surface area contributed by atoms with Crippen LogP contribution in [0.5, 0.6) is 0 Å². The molecule has 1 fully saturated rings. The average molecular weight is 342 g/mol. The molecule has 0 spiro atoms. The number of hydrogen-bond donors (Lipinski definition) is 1. The van der Waals surface area contributed by atoms with Gasteiger partial charge in [-0.25, -0.2) is 9.78 Å². The SMILES string of the molecule is O=C(O)/C=C/c1cnc(/C=C/c2ccc(N3CCOCC3)cc2)s1. The van der Waals surface area contributed by atoms with Crippen LogP contribution in [0.4, 0.5) is 5.69 Å². The largest absolute Gasteiger partial charge is 0.478 e. The van der Waals surface area contributed by atoms with E-state index in [-0.39, 0.29) is 0 Å². The standard InChI is InChI=1S/C18H18N2O3S/c21-18(22)8-6-16-13-19-17(24-16)7-3-14-1-4-15(5-2-14)20-9-11-23-12-10-20/h1-8,13H,9-12H2,(H,21,22)/b7-3+,8-6+. The maximum atomic E-state index is 10.5. The molecule has 1 N–H and O–H groups in total. The molecule has 5 nitrogen and oxygen atoms in total. The van der Waals surface area contributed by atoms with E-state index in [0.29, 0.717) is 0 Å². The molecular formula is C18H18N2O3S. The van der Waals surface area contributed by atoms with Crippen LogP contribution in [-0.2, 0) is 9.53 Å². The molecule has 1 saturated heterocycles. The number of carboxylic acids is 1.